The first-order chi connectivity index (χ1) is 9.97. The van der Waals surface area contributed by atoms with Gasteiger partial charge in [0.15, 0.2) is 5.70 Å². The normalized spacial score (nSPS) is 12.0. The maximum absolute atomic E-state index is 11.9. The summed E-state index contributed by atoms with van der Waals surface area (Å²) in [5, 5.41) is 9.85. The van der Waals surface area contributed by atoms with Gasteiger partial charge < -0.3 is 14.4 Å². The van der Waals surface area contributed by atoms with E-state index in [0.29, 0.717) is 0 Å². The largest absolute Gasteiger partial charge is 0.510 e. The molecule has 1 N–H and O–H groups in total. The zero-order valence-electron chi connectivity index (χ0n) is 12.7. The van der Waals surface area contributed by atoms with Gasteiger partial charge in [0.05, 0.1) is 7.11 Å². The van der Waals surface area contributed by atoms with Crippen LogP contribution in [-0.4, -0.2) is 22.8 Å². The topological polar surface area (TPSA) is 51.5 Å². The van der Waals surface area contributed by atoms with Crippen LogP contribution in [0.5, 0.6) is 0 Å². The van der Waals surface area contributed by atoms with Crippen LogP contribution in [0.2, 0.25) is 0 Å². The van der Waals surface area contributed by atoms with E-state index >= 15 is 0 Å². The minimum atomic E-state index is -0.559. The maximum Gasteiger partial charge on any atom is 0.358 e. The fourth-order valence-electron chi connectivity index (χ4n) is 2.51. The Kier molecular flexibility index (Phi) is 4.17. The summed E-state index contributed by atoms with van der Waals surface area (Å²) in [6.45, 7) is 5.29. The zero-order valence-corrected chi connectivity index (χ0v) is 12.7. The van der Waals surface area contributed by atoms with E-state index in [0.717, 1.165) is 22.5 Å². The monoisotopic (exact) mass is 285 g/mol. The molecule has 1 aromatic carbocycles. The first-order valence-electron chi connectivity index (χ1n) is 6.70. The SMILES string of the molecule is COC(=O)/C(=C(/C)O)n1c(C)cc(-c2ccccc2)c1C. The third-order valence-electron chi connectivity index (χ3n) is 3.46. The number of hydrogen-bond donors (Lipinski definition) is 1. The Morgan fingerprint density at radius 2 is 1.81 bits per heavy atom. The van der Waals surface area contributed by atoms with Crippen LogP contribution in [0.25, 0.3) is 16.8 Å². The van der Waals surface area contributed by atoms with Gasteiger partial charge in [-0.05, 0) is 32.4 Å². The van der Waals surface area contributed by atoms with Crippen molar-refractivity contribution in [2.45, 2.75) is 20.8 Å². The molecule has 0 saturated heterocycles. The Morgan fingerprint density at radius 3 is 2.33 bits per heavy atom. The molecule has 2 aromatic rings. The molecule has 110 valence electrons. The Morgan fingerprint density at radius 1 is 1.19 bits per heavy atom. The van der Waals surface area contributed by atoms with Crippen molar-refractivity contribution in [1.29, 1.82) is 0 Å². The molecule has 0 bridgehead atoms. The highest BCUT2D eigenvalue weighted by Crippen LogP contribution is 2.30. The molecular weight excluding hydrogens is 266 g/mol. The Hall–Kier alpha value is -2.49. The smallest absolute Gasteiger partial charge is 0.358 e. The lowest BCUT2D eigenvalue weighted by Gasteiger charge is -2.13. The number of allylic oxidation sites excluding steroid dienone is 1. The summed E-state index contributed by atoms with van der Waals surface area (Å²) in [5.41, 5.74) is 3.98. The van der Waals surface area contributed by atoms with Gasteiger partial charge in [-0.25, -0.2) is 4.79 Å². The third kappa shape index (κ3) is 2.70. The molecule has 0 spiro atoms. The van der Waals surface area contributed by atoms with Crippen LogP contribution < -0.4 is 0 Å². The average Bonchev–Trinajstić information content (AvgIpc) is 2.76. The van der Waals surface area contributed by atoms with Gasteiger partial charge in [0.1, 0.15) is 5.76 Å². The van der Waals surface area contributed by atoms with Crippen molar-refractivity contribution in [3.05, 3.63) is 53.5 Å². The summed E-state index contributed by atoms with van der Waals surface area (Å²) in [6.07, 6.45) is 0. The number of aryl methyl sites for hydroxylation is 1. The maximum atomic E-state index is 11.9. The van der Waals surface area contributed by atoms with E-state index in [9.17, 15) is 9.90 Å². The lowest BCUT2D eigenvalue weighted by Crippen LogP contribution is -2.15. The molecule has 1 heterocycles. The molecule has 0 saturated carbocycles. The number of carbonyl (C=O) groups is 1. The number of esters is 1. The van der Waals surface area contributed by atoms with Crippen molar-refractivity contribution < 1.29 is 14.6 Å². The van der Waals surface area contributed by atoms with Gasteiger partial charge in [-0.3, -0.25) is 0 Å². The van der Waals surface area contributed by atoms with Crippen LogP contribution in [-0.2, 0) is 9.53 Å². The molecule has 0 aliphatic rings. The van der Waals surface area contributed by atoms with Crippen LogP contribution in [0.1, 0.15) is 18.3 Å². The molecule has 0 radical (unpaired) electrons. The number of ether oxygens (including phenoxy) is 1. The highest BCUT2D eigenvalue weighted by Gasteiger charge is 2.21. The highest BCUT2D eigenvalue weighted by atomic mass is 16.5. The predicted molar refractivity (Wildman–Crippen MR) is 82.9 cm³/mol. The second-order valence-electron chi connectivity index (χ2n) is 4.91. The van der Waals surface area contributed by atoms with E-state index in [1.165, 1.54) is 14.0 Å². The average molecular weight is 285 g/mol. The Bertz CT molecular complexity index is 692. The number of hydrogen-bond acceptors (Lipinski definition) is 3. The number of benzene rings is 1. The number of nitrogens with zero attached hydrogens (tertiary/aromatic N) is 1. The molecule has 0 fully saturated rings. The number of aliphatic hydroxyl groups is 1. The number of aliphatic hydroxyl groups excluding tert-OH is 1. The van der Waals surface area contributed by atoms with Crippen molar-refractivity contribution in [3.8, 4) is 11.1 Å². The van der Waals surface area contributed by atoms with E-state index < -0.39 is 5.97 Å². The molecule has 0 aliphatic heterocycles. The van der Waals surface area contributed by atoms with Crippen molar-refractivity contribution in [2.24, 2.45) is 0 Å². The standard InChI is InChI=1S/C17H19NO3/c1-11-10-15(14-8-6-5-7-9-14)12(2)18(11)16(13(3)19)17(20)21-4/h5-10,19H,1-4H3/b16-13+. The molecule has 0 aliphatic carbocycles. The van der Waals surface area contributed by atoms with E-state index in [2.05, 4.69) is 0 Å². The molecular formula is C17H19NO3. The van der Waals surface area contributed by atoms with Crippen LogP contribution in [0, 0.1) is 13.8 Å². The first kappa shape index (κ1) is 14.9. The summed E-state index contributed by atoms with van der Waals surface area (Å²) in [7, 11) is 1.30. The molecule has 21 heavy (non-hydrogen) atoms. The fraction of sp³-hybridized carbons (Fsp3) is 0.235. The number of methoxy groups -OCH3 is 1. The molecule has 4 heteroatoms. The fourth-order valence-corrected chi connectivity index (χ4v) is 2.51. The summed E-state index contributed by atoms with van der Waals surface area (Å²) < 4.78 is 6.50. The second kappa shape index (κ2) is 5.87. The van der Waals surface area contributed by atoms with Gasteiger partial charge in [-0.1, -0.05) is 30.3 Å². The third-order valence-corrected chi connectivity index (χ3v) is 3.46. The van der Waals surface area contributed by atoms with E-state index in [1.807, 2.05) is 50.2 Å². The quantitative estimate of drug-likeness (QED) is 0.531. The van der Waals surface area contributed by atoms with Gasteiger partial charge >= 0.3 is 5.97 Å². The van der Waals surface area contributed by atoms with Gasteiger partial charge in [0.25, 0.3) is 0 Å². The number of carbonyl (C=O) groups excluding carboxylic acids is 1. The Labute approximate surface area is 124 Å². The lowest BCUT2D eigenvalue weighted by molar-refractivity contribution is -0.134. The van der Waals surface area contributed by atoms with Crippen molar-refractivity contribution in [3.63, 3.8) is 0 Å². The molecule has 0 unspecified atom stereocenters. The molecule has 2 rings (SSSR count). The summed E-state index contributed by atoms with van der Waals surface area (Å²) in [4.78, 5) is 11.9. The highest BCUT2D eigenvalue weighted by molar-refractivity contribution is 6.11. The van der Waals surface area contributed by atoms with Crippen LogP contribution in [0.4, 0.5) is 0 Å². The van der Waals surface area contributed by atoms with Crippen molar-refractivity contribution >= 4 is 11.7 Å². The van der Waals surface area contributed by atoms with Gasteiger partial charge in [0.2, 0.25) is 0 Å². The number of aromatic nitrogens is 1. The zero-order chi connectivity index (χ0) is 15.6. The van der Waals surface area contributed by atoms with E-state index in [4.69, 9.17) is 4.74 Å². The van der Waals surface area contributed by atoms with Crippen LogP contribution in [0.15, 0.2) is 42.2 Å². The summed E-state index contributed by atoms with van der Waals surface area (Å²) in [6, 6.07) is 11.9. The van der Waals surface area contributed by atoms with E-state index in [1.54, 1.807) is 4.57 Å². The number of rotatable bonds is 3. The molecule has 0 amide bonds. The Balaban J connectivity index is 2.65. The molecule has 1 aromatic heterocycles. The lowest BCUT2D eigenvalue weighted by atomic mass is 10.1. The first-order valence-corrected chi connectivity index (χ1v) is 6.70. The van der Waals surface area contributed by atoms with Crippen LogP contribution >= 0.6 is 0 Å². The summed E-state index contributed by atoms with van der Waals surface area (Å²) >= 11 is 0. The van der Waals surface area contributed by atoms with E-state index in [-0.39, 0.29) is 11.5 Å². The van der Waals surface area contributed by atoms with Crippen LogP contribution in [0.3, 0.4) is 0 Å². The predicted octanol–water partition coefficient (Wildman–Crippen LogP) is 3.69. The van der Waals surface area contributed by atoms with Crippen molar-refractivity contribution in [1.82, 2.24) is 4.57 Å². The second-order valence-corrected chi connectivity index (χ2v) is 4.91. The minimum Gasteiger partial charge on any atom is -0.510 e. The van der Waals surface area contributed by atoms with Crippen molar-refractivity contribution in [2.75, 3.05) is 7.11 Å². The van der Waals surface area contributed by atoms with Gasteiger partial charge in [-0.15, -0.1) is 0 Å². The minimum absolute atomic E-state index is 0.0664. The molecule has 0 atom stereocenters. The molecule has 4 nitrogen and oxygen atoms in total. The van der Waals surface area contributed by atoms with Gasteiger partial charge in [0, 0.05) is 17.0 Å². The van der Waals surface area contributed by atoms with Gasteiger partial charge in [-0.2, -0.15) is 0 Å². The summed E-state index contributed by atoms with van der Waals surface area (Å²) in [5.74, 6) is -0.625.